The Bertz CT molecular complexity index is 417. The Morgan fingerprint density at radius 3 is 2.29 bits per heavy atom. The van der Waals surface area contributed by atoms with Crippen LogP contribution in [0.15, 0.2) is 0 Å². The maximum Gasteiger partial charge on any atom is 0.223 e. The first-order valence-electron chi connectivity index (χ1n) is 8.07. The number of carbonyl (C=O) groups excluding carboxylic acids is 1. The lowest BCUT2D eigenvalue weighted by atomic mass is 9.95. The second-order valence-electron chi connectivity index (χ2n) is 6.08. The zero-order chi connectivity index (χ0) is 15.9. The molecule has 0 aromatic heterocycles. The van der Waals surface area contributed by atoms with Gasteiger partial charge in [0.2, 0.25) is 15.9 Å². The smallest absolute Gasteiger partial charge is 0.223 e. The number of hydrogen-bond acceptors (Lipinski definition) is 3. The number of rotatable bonds is 8. The standard InChI is InChI=1S/C15H30N2O3S/c1-4-5-12-16(2)15(18)11-13-17(21(3,19)20)14-9-7-6-8-10-14/h14H,4-13H2,1-3H3. The maximum absolute atomic E-state index is 12.1. The van der Waals surface area contributed by atoms with Gasteiger partial charge in [0.1, 0.15) is 0 Å². The summed E-state index contributed by atoms with van der Waals surface area (Å²) in [6, 6.07) is 0.0856. The van der Waals surface area contributed by atoms with E-state index in [1.54, 1.807) is 16.3 Å². The number of hydrogen-bond donors (Lipinski definition) is 0. The highest BCUT2D eigenvalue weighted by atomic mass is 32.2. The first-order chi connectivity index (χ1) is 9.86. The van der Waals surface area contributed by atoms with Crippen molar-refractivity contribution in [2.75, 3.05) is 26.4 Å². The van der Waals surface area contributed by atoms with Crippen LogP contribution in [0.4, 0.5) is 0 Å². The van der Waals surface area contributed by atoms with Crippen LogP contribution in [0.1, 0.15) is 58.3 Å². The third kappa shape index (κ3) is 6.34. The lowest BCUT2D eigenvalue weighted by Gasteiger charge is -2.32. The third-order valence-corrected chi connectivity index (χ3v) is 5.56. The van der Waals surface area contributed by atoms with Crippen LogP contribution in [0, 0.1) is 0 Å². The maximum atomic E-state index is 12.1. The predicted molar refractivity (Wildman–Crippen MR) is 85.6 cm³/mol. The molecule has 0 N–H and O–H groups in total. The molecular formula is C15H30N2O3S. The number of amides is 1. The van der Waals surface area contributed by atoms with Crippen molar-refractivity contribution in [1.29, 1.82) is 0 Å². The van der Waals surface area contributed by atoms with Crippen molar-refractivity contribution >= 4 is 15.9 Å². The molecule has 0 aromatic carbocycles. The Labute approximate surface area is 129 Å². The van der Waals surface area contributed by atoms with Crippen LogP contribution in [0.25, 0.3) is 0 Å². The van der Waals surface area contributed by atoms with E-state index in [-0.39, 0.29) is 18.4 Å². The minimum absolute atomic E-state index is 0.0351. The van der Waals surface area contributed by atoms with Crippen molar-refractivity contribution in [3.8, 4) is 0 Å². The lowest BCUT2D eigenvalue weighted by molar-refractivity contribution is -0.130. The fourth-order valence-electron chi connectivity index (χ4n) is 2.90. The molecule has 0 heterocycles. The predicted octanol–water partition coefficient (Wildman–Crippen LogP) is 2.23. The molecule has 5 nitrogen and oxygen atoms in total. The van der Waals surface area contributed by atoms with Gasteiger partial charge in [0.05, 0.1) is 6.26 Å². The van der Waals surface area contributed by atoms with E-state index in [0.29, 0.717) is 6.54 Å². The molecule has 0 radical (unpaired) electrons. The van der Waals surface area contributed by atoms with Gasteiger partial charge in [0, 0.05) is 32.6 Å². The molecule has 1 fully saturated rings. The van der Waals surface area contributed by atoms with E-state index >= 15 is 0 Å². The molecule has 1 amide bonds. The van der Waals surface area contributed by atoms with Gasteiger partial charge in [0.15, 0.2) is 0 Å². The van der Waals surface area contributed by atoms with Gasteiger partial charge in [0.25, 0.3) is 0 Å². The summed E-state index contributed by atoms with van der Waals surface area (Å²) >= 11 is 0. The SMILES string of the molecule is CCCCN(C)C(=O)CCN(C1CCCCC1)S(C)(=O)=O. The van der Waals surface area contributed by atoms with E-state index < -0.39 is 10.0 Å². The molecule has 0 saturated heterocycles. The van der Waals surface area contributed by atoms with Crippen molar-refractivity contribution in [1.82, 2.24) is 9.21 Å². The van der Waals surface area contributed by atoms with E-state index in [2.05, 4.69) is 6.92 Å². The minimum Gasteiger partial charge on any atom is -0.346 e. The van der Waals surface area contributed by atoms with Crippen LogP contribution in [0.5, 0.6) is 0 Å². The fraction of sp³-hybridized carbons (Fsp3) is 0.933. The molecule has 1 rings (SSSR count). The van der Waals surface area contributed by atoms with Gasteiger partial charge < -0.3 is 4.90 Å². The summed E-state index contributed by atoms with van der Waals surface area (Å²) in [6.45, 7) is 3.16. The second-order valence-corrected chi connectivity index (χ2v) is 8.02. The Balaban J connectivity index is 2.55. The zero-order valence-corrected chi connectivity index (χ0v) is 14.5. The van der Waals surface area contributed by atoms with E-state index in [9.17, 15) is 13.2 Å². The molecule has 0 unspecified atom stereocenters. The van der Waals surface area contributed by atoms with Crippen molar-refractivity contribution in [3.63, 3.8) is 0 Å². The van der Waals surface area contributed by atoms with Gasteiger partial charge in [-0.15, -0.1) is 0 Å². The monoisotopic (exact) mass is 318 g/mol. The summed E-state index contributed by atoms with van der Waals surface area (Å²) in [7, 11) is -1.45. The van der Waals surface area contributed by atoms with Crippen molar-refractivity contribution in [3.05, 3.63) is 0 Å². The summed E-state index contributed by atoms with van der Waals surface area (Å²) < 4.78 is 25.5. The lowest BCUT2D eigenvalue weighted by Crippen LogP contribution is -2.43. The molecule has 1 aliphatic carbocycles. The summed E-state index contributed by atoms with van der Waals surface area (Å²) in [5.74, 6) is 0.0351. The van der Waals surface area contributed by atoms with Gasteiger partial charge >= 0.3 is 0 Å². The van der Waals surface area contributed by atoms with Crippen LogP contribution in [-0.4, -0.2) is 56.0 Å². The number of carbonyl (C=O) groups is 1. The largest absolute Gasteiger partial charge is 0.346 e. The van der Waals surface area contributed by atoms with E-state index in [1.807, 2.05) is 0 Å². The molecule has 1 aliphatic rings. The van der Waals surface area contributed by atoms with Gasteiger partial charge in [-0.1, -0.05) is 32.6 Å². The molecule has 1 saturated carbocycles. The van der Waals surface area contributed by atoms with E-state index in [0.717, 1.165) is 45.1 Å². The summed E-state index contributed by atoms with van der Waals surface area (Å²) in [5.41, 5.74) is 0. The highest BCUT2D eigenvalue weighted by molar-refractivity contribution is 7.88. The molecule has 0 aromatic rings. The highest BCUT2D eigenvalue weighted by Gasteiger charge is 2.28. The van der Waals surface area contributed by atoms with Gasteiger partial charge in [-0.2, -0.15) is 4.31 Å². The molecule has 21 heavy (non-hydrogen) atoms. The Morgan fingerprint density at radius 1 is 1.14 bits per heavy atom. The summed E-state index contributed by atoms with van der Waals surface area (Å²) in [6.07, 6.45) is 8.78. The second kappa shape index (κ2) is 8.73. The van der Waals surface area contributed by atoms with E-state index in [1.165, 1.54) is 12.7 Å². The van der Waals surface area contributed by atoms with Crippen molar-refractivity contribution < 1.29 is 13.2 Å². The Hall–Kier alpha value is -0.620. The van der Waals surface area contributed by atoms with Crippen LogP contribution in [0.2, 0.25) is 0 Å². The normalized spacial score (nSPS) is 17.1. The van der Waals surface area contributed by atoms with E-state index in [4.69, 9.17) is 0 Å². The molecule has 124 valence electrons. The molecular weight excluding hydrogens is 288 g/mol. The molecule has 0 atom stereocenters. The number of unbranched alkanes of at least 4 members (excludes halogenated alkanes) is 1. The summed E-state index contributed by atoms with van der Waals surface area (Å²) in [4.78, 5) is 13.8. The van der Waals surface area contributed by atoms with Crippen LogP contribution < -0.4 is 0 Å². The molecule has 0 spiro atoms. The third-order valence-electron chi connectivity index (χ3n) is 4.23. The van der Waals surface area contributed by atoms with Crippen molar-refractivity contribution in [2.45, 2.75) is 64.3 Å². The van der Waals surface area contributed by atoms with Crippen LogP contribution >= 0.6 is 0 Å². The van der Waals surface area contributed by atoms with Crippen LogP contribution in [0.3, 0.4) is 0 Å². The molecule has 0 bridgehead atoms. The number of sulfonamides is 1. The molecule has 0 aliphatic heterocycles. The average molecular weight is 318 g/mol. The first-order valence-corrected chi connectivity index (χ1v) is 9.92. The van der Waals surface area contributed by atoms with Gasteiger partial charge in [-0.3, -0.25) is 4.79 Å². The Morgan fingerprint density at radius 2 is 1.76 bits per heavy atom. The summed E-state index contributed by atoms with van der Waals surface area (Å²) in [5, 5.41) is 0. The molecule has 6 heteroatoms. The number of nitrogens with zero attached hydrogens (tertiary/aromatic N) is 2. The van der Waals surface area contributed by atoms with Gasteiger partial charge in [-0.05, 0) is 19.3 Å². The van der Waals surface area contributed by atoms with Gasteiger partial charge in [-0.25, -0.2) is 8.42 Å². The highest BCUT2D eigenvalue weighted by Crippen LogP contribution is 2.24. The van der Waals surface area contributed by atoms with Crippen LogP contribution in [-0.2, 0) is 14.8 Å². The van der Waals surface area contributed by atoms with Crippen molar-refractivity contribution in [2.24, 2.45) is 0 Å². The quantitative estimate of drug-likeness (QED) is 0.689. The Kier molecular flexibility index (Phi) is 7.66. The minimum atomic E-state index is -3.24. The zero-order valence-electron chi connectivity index (χ0n) is 13.7. The topological polar surface area (TPSA) is 57.7 Å². The first kappa shape index (κ1) is 18.4. The average Bonchev–Trinajstić information content (AvgIpc) is 2.44. The fourth-order valence-corrected chi connectivity index (χ4v) is 4.08.